The van der Waals surface area contributed by atoms with Gasteiger partial charge < -0.3 is 24.0 Å². The number of hydrogen-bond donors (Lipinski definition) is 0. The summed E-state index contributed by atoms with van der Waals surface area (Å²) in [5.41, 5.74) is -0.243. The molecular weight excluding hydrogens is 260 g/mol. The highest BCUT2D eigenvalue weighted by Gasteiger charge is 2.46. The Bertz CT molecular complexity index is 349. The van der Waals surface area contributed by atoms with Crippen LogP contribution in [0.5, 0.6) is 0 Å². The van der Waals surface area contributed by atoms with Crippen molar-refractivity contribution in [2.45, 2.75) is 31.5 Å². The highest BCUT2D eigenvalue weighted by molar-refractivity contribution is 5.70. The fraction of sp³-hybridized carbons (Fsp3) is 0.929. The fourth-order valence-electron chi connectivity index (χ4n) is 3.27. The van der Waals surface area contributed by atoms with Crippen LogP contribution in [0.3, 0.4) is 0 Å². The minimum absolute atomic E-state index is 0.148. The summed E-state index contributed by atoms with van der Waals surface area (Å²) >= 11 is 0. The molecule has 0 aromatic rings. The molecule has 3 aliphatic heterocycles. The molecule has 0 aromatic carbocycles. The van der Waals surface area contributed by atoms with E-state index in [1.807, 2.05) is 6.92 Å². The van der Waals surface area contributed by atoms with Gasteiger partial charge in [0.2, 0.25) is 0 Å². The average Bonchev–Trinajstić information content (AvgIpc) is 2.79. The minimum atomic E-state index is -0.243. The molecule has 0 aliphatic carbocycles. The maximum Gasteiger partial charge on any atom is 0.410 e. The number of rotatable bonds is 3. The summed E-state index contributed by atoms with van der Waals surface area (Å²) in [5.74, 6) is 0. The second kappa shape index (κ2) is 5.87. The fourth-order valence-corrected chi connectivity index (χ4v) is 3.27. The Morgan fingerprint density at radius 1 is 1.30 bits per heavy atom. The van der Waals surface area contributed by atoms with E-state index >= 15 is 0 Å². The number of amides is 1. The van der Waals surface area contributed by atoms with Crippen LogP contribution in [0, 0.1) is 0 Å². The van der Waals surface area contributed by atoms with E-state index in [0.29, 0.717) is 19.8 Å². The lowest BCUT2D eigenvalue weighted by Gasteiger charge is -2.39. The van der Waals surface area contributed by atoms with Crippen molar-refractivity contribution in [1.29, 1.82) is 0 Å². The predicted octanol–water partition coefficient (Wildman–Crippen LogP) is 0.709. The maximum absolute atomic E-state index is 11.7. The minimum Gasteiger partial charge on any atom is -0.441 e. The Balaban J connectivity index is 1.48. The quantitative estimate of drug-likeness (QED) is 0.764. The van der Waals surface area contributed by atoms with E-state index in [2.05, 4.69) is 4.90 Å². The van der Waals surface area contributed by atoms with E-state index in [4.69, 9.17) is 14.2 Å². The SMILES string of the molecule is CCN1CC2(CCN(C[C@H]3COCCO3)CC2)OC1=O. The van der Waals surface area contributed by atoms with Crippen LogP contribution in [0.15, 0.2) is 0 Å². The van der Waals surface area contributed by atoms with Gasteiger partial charge in [0, 0.05) is 39.0 Å². The number of likely N-dealkylation sites (tertiary alicyclic amines) is 1. The number of carbonyl (C=O) groups is 1. The molecule has 6 nitrogen and oxygen atoms in total. The summed E-state index contributed by atoms with van der Waals surface area (Å²) in [6.45, 7) is 8.43. The maximum atomic E-state index is 11.7. The molecule has 0 unspecified atom stereocenters. The van der Waals surface area contributed by atoms with E-state index in [1.165, 1.54) is 0 Å². The van der Waals surface area contributed by atoms with Gasteiger partial charge in [-0.15, -0.1) is 0 Å². The Morgan fingerprint density at radius 2 is 2.10 bits per heavy atom. The Labute approximate surface area is 119 Å². The molecule has 20 heavy (non-hydrogen) atoms. The summed E-state index contributed by atoms with van der Waals surface area (Å²) in [5, 5.41) is 0. The smallest absolute Gasteiger partial charge is 0.410 e. The van der Waals surface area contributed by atoms with Crippen LogP contribution in [-0.4, -0.2) is 80.1 Å². The molecule has 3 heterocycles. The summed E-state index contributed by atoms with van der Waals surface area (Å²) in [7, 11) is 0. The lowest BCUT2D eigenvalue weighted by molar-refractivity contribution is -0.103. The van der Waals surface area contributed by atoms with Gasteiger partial charge in [-0.3, -0.25) is 0 Å². The molecule has 0 saturated carbocycles. The Hall–Kier alpha value is -0.850. The van der Waals surface area contributed by atoms with Gasteiger partial charge in [-0.25, -0.2) is 4.79 Å². The first-order chi connectivity index (χ1) is 9.71. The van der Waals surface area contributed by atoms with Crippen LogP contribution in [-0.2, 0) is 14.2 Å². The number of ether oxygens (including phenoxy) is 3. The average molecular weight is 284 g/mol. The zero-order chi connectivity index (χ0) is 14.0. The Kier molecular flexibility index (Phi) is 4.14. The van der Waals surface area contributed by atoms with Crippen molar-refractivity contribution in [2.75, 3.05) is 52.5 Å². The van der Waals surface area contributed by atoms with Crippen molar-refractivity contribution >= 4 is 6.09 Å². The van der Waals surface area contributed by atoms with E-state index in [1.54, 1.807) is 4.90 Å². The lowest BCUT2D eigenvalue weighted by Crippen LogP contribution is -2.50. The second-order valence-electron chi connectivity index (χ2n) is 5.93. The Morgan fingerprint density at radius 3 is 2.70 bits per heavy atom. The molecule has 1 amide bonds. The normalized spacial score (nSPS) is 30.8. The van der Waals surface area contributed by atoms with E-state index in [9.17, 15) is 4.79 Å². The van der Waals surface area contributed by atoms with Crippen molar-refractivity contribution < 1.29 is 19.0 Å². The lowest BCUT2D eigenvalue weighted by atomic mass is 9.91. The summed E-state index contributed by atoms with van der Waals surface area (Å²) in [6, 6.07) is 0. The molecule has 114 valence electrons. The molecule has 0 N–H and O–H groups in total. The van der Waals surface area contributed by atoms with Gasteiger partial charge in [0.05, 0.1) is 32.5 Å². The third-order valence-corrected chi connectivity index (χ3v) is 4.54. The molecule has 0 aromatic heterocycles. The van der Waals surface area contributed by atoms with Crippen LogP contribution in [0.4, 0.5) is 4.79 Å². The molecule has 6 heteroatoms. The van der Waals surface area contributed by atoms with E-state index in [-0.39, 0.29) is 17.8 Å². The van der Waals surface area contributed by atoms with Crippen LogP contribution < -0.4 is 0 Å². The summed E-state index contributed by atoms with van der Waals surface area (Å²) < 4.78 is 16.8. The van der Waals surface area contributed by atoms with Crippen LogP contribution in [0.1, 0.15) is 19.8 Å². The van der Waals surface area contributed by atoms with Crippen molar-refractivity contribution in [1.82, 2.24) is 9.80 Å². The zero-order valence-corrected chi connectivity index (χ0v) is 12.2. The van der Waals surface area contributed by atoms with Crippen LogP contribution in [0.25, 0.3) is 0 Å². The summed E-state index contributed by atoms with van der Waals surface area (Å²) in [6.07, 6.45) is 1.88. The molecule has 1 spiro atoms. The van der Waals surface area contributed by atoms with Crippen molar-refractivity contribution in [2.24, 2.45) is 0 Å². The standard InChI is InChI=1S/C14H24N2O4/c1-2-16-11-14(20-13(16)17)3-5-15(6-4-14)9-12-10-18-7-8-19-12/h12H,2-11H2,1H3/t12-/m0/s1. The molecular formula is C14H24N2O4. The van der Waals surface area contributed by atoms with Gasteiger partial charge in [-0.2, -0.15) is 0 Å². The molecule has 3 fully saturated rings. The number of carbonyl (C=O) groups excluding carboxylic acids is 1. The number of nitrogens with zero attached hydrogens (tertiary/aromatic N) is 2. The predicted molar refractivity (Wildman–Crippen MR) is 72.7 cm³/mol. The monoisotopic (exact) mass is 284 g/mol. The number of likely N-dealkylation sites (N-methyl/N-ethyl adjacent to an activating group) is 1. The molecule has 0 radical (unpaired) electrons. The third kappa shape index (κ3) is 2.92. The molecule has 3 aliphatic rings. The largest absolute Gasteiger partial charge is 0.441 e. The highest BCUT2D eigenvalue weighted by atomic mass is 16.6. The van der Waals surface area contributed by atoms with Gasteiger partial charge in [0.25, 0.3) is 0 Å². The molecule has 3 rings (SSSR count). The van der Waals surface area contributed by atoms with Gasteiger partial charge in [-0.1, -0.05) is 0 Å². The van der Waals surface area contributed by atoms with E-state index in [0.717, 1.165) is 45.6 Å². The van der Waals surface area contributed by atoms with Crippen molar-refractivity contribution in [3.8, 4) is 0 Å². The first-order valence-corrected chi connectivity index (χ1v) is 7.60. The second-order valence-corrected chi connectivity index (χ2v) is 5.93. The number of hydrogen-bond acceptors (Lipinski definition) is 5. The number of piperidine rings is 1. The van der Waals surface area contributed by atoms with E-state index < -0.39 is 0 Å². The third-order valence-electron chi connectivity index (χ3n) is 4.54. The zero-order valence-electron chi connectivity index (χ0n) is 12.2. The molecule has 3 saturated heterocycles. The van der Waals surface area contributed by atoms with Crippen LogP contribution >= 0.6 is 0 Å². The van der Waals surface area contributed by atoms with Gasteiger partial charge in [-0.05, 0) is 6.92 Å². The van der Waals surface area contributed by atoms with Crippen LogP contribution in [0.2, 0.25) is 0 Å². The van der Waals surface area contributed by atoms with Gasteiger partial charge in [0.1, 0.15) is 5.60 Å². The first kappa shape index (κ1) is 14.1. The molecule has 1 atom stereocenters. The van der Waals surface area contributed by atoms with Crippen molar-refractivity contribution in [3.63, 3.8) is 0 Å². The first-order valence-electron chi connectivity index (χ1n) is 7.60. The van der Waals surface area contributed by atoms with Crippen molar-refractivity contribution in [3.05, 3.63) is 0 Å². The topological polar surface area (TPSA) is 51.2 Å². The van der Waals surface area contributed by atoms with Gasteiger partial charge in [0.15, 0.2) is 0 Å². The van der Waals surface area contributed by atoms with Gasteiger partial charge >= 0.3 is 6.09 Å². The highest BCUT2D eigenvalue weighted by Crippen LogP contribution is 2.33. The molecule has 0 bridgehead atoms. The summed E-state index contributed by atoms with van der Waals surface area (Å²) in [4.78, 5) is 15.9.